The summed E-state index contributed by atoms with van der Waals surface area (Å²) in [6, 6.07) is 6.81. The van der Waals surface area contributed by atoms with E-state index in [9.17, 15) is 9.59 Å². The van der Waals surface area contributed by atoms with Gasteiger partial charge >= 0.3 is 0 Å². The highest BCUT2D eigenvalue weighted by atomic mass is 16.5. The van der Waals surface area contributed by atoms with Gasteiger partial charge in [-0.2, -0.15) is 0 Å². The van der Waals surface area contributed by atoms with Gasteiger partial charge in [0, 0.05) is 41.0 Å². The number of nitrogens with zero attached hydrogens (tertiary/aromatic N) is 3. The second kappa shape index (κ2) is 9.01. The molecule has 1 aliphatic rings. The summed E-state index contributed by atoms with van der Waals surface area (Å²) in [4.78, 5) is 37.7. The maximum absolute atomic E-state index is 12.7. The Kier molecular flexibility index (Phi) is 4.97. The molecule has 164 valence electrons. The molecule has 0 atom stereocenters. The van der Waals surface area contributed by atoms with Gasteiger partial charge in [0.1, 0.15) is 5.82 Å². The van der Waals surface area contributed by atoms with Gasteiger partial charge < -0.3 is 20.7 Å². The predicted octanol–water partition coefficient (Wildman–Crippen LogP) is 3.31. The van der Waals surface area contributed by atoms with Crippen molar-refractivity contribution in [3.05, 3.63) is 54.1 Å². The fraction of sp³-hybridized carbons (Fsp3) is 0.261. The van der Waals surface area contributed by atoms with Crippen molar-refractivity contribution in [1.29, 1.82) is 0 Å². The molecule has 0 bridgehead atoms. The summed E-state index contributed by atoms with van der Waals surface area (Å²) in [6.07, 6.45) is 6.13. The molecule has 3 aromatic rings. The summed E-state index contributed by atoms with van der Waals surface area (Å²) < 4.78 is 27.7. The van der Waals surface area contributed by atoms with E-state index in [4.69, 9.17) is 8.85 Å². The third-order valence-electron chi connectivity index (χ3n) is 5.01. The normalized spacial score (nSPS) is 14.5. The molecule has 2 aromatic heterocycles. The molecule has 3 N–H and O–H groups in total. The zero-order valence-corrected chi connectivity index (χ0v) is 17.6. The summed E-state index contributed by atoms with van der Waals surface area (Å²) in [6.45, 7) is -0.851. The van der Waals surface area contributed by atoms with Crippen molar-refractivity contribution in [3.63, 3.8) is 0 Å². The van der Waals surface area contributed by atoms with E-state index in [0.717, 1.165) is 18.5 Å². The van der Waals surface area contributed by atoms with E-state index in [2.05, 4.69) is 25.6 Å². The Labute approximate surface area is 189 Å². The second-order valence-electron chi connectivity index (χ2n) is 7.39. The van der Waals surface area contributed by atoms with Crippen molar-refractivity contribution < 1.29 is 18.4 Å². The highest BCUT2D eigenvalue weighted by molar-refractivity contribution is 6.01. The van der Waals surface area contributed by atoms with Crippen LogP contribution in [0.5, 0.6) is 5.75 Å². The monoisotopic (exact) mass is 435 g/mol. The van der Waals surface area contributed by atoms with Gasteiger partial charge in [0.05, 0.1) is 41.6 Å². The van der Waals surface area contributed by atoms with Crippen LogP contribution in [0.4, 0.5) is 17.2 Å². The van der Waals surface area contributed by atoms with E-state index in [-0.39, 0.29) is 28.9 Å². The van der Waals surface area contributed by atoms with Crippen molar-refractivity contribution in [1.82, 2.24) is 20.3 Å². The number of hydrogen-bond acceptors (Lipinski definition) is 7. The smallest absolute Gasteiger partial charge is 0.254 e. The zero-order chi connectivity index (χ0) is 25.2. The maximum atomic E-state index is 12.7. The number of aromatic nitrogens is 3. The minimum absolute atomic E-state index is 0.0203. The summed E-state index contributed by atoms with van der Waals surface area (Å²) in [5, 5.41) is 7.83. The lowest BCUT2D eigenvalue weighted by atomic mass is 10.1. The number of carbonyl (C=O) groups is 2. The number of rotatable bonds is 7. The van der Waals surface area contributed by atoms with Gasteiger partial charge in [0.25, 0.3) is 5.91 Å². The van der Waals surface area contributed by atoms with Gasteiger partial charge in [-0.05, 0) is 31.9 Å². The first-order valence-electron chi connectivity index (χ1n) is 11.5. The van der Waals surface area contributed by atoms with E-state index in [0.29, 0.717) is 22.7 Å². The van der Waals surface area contributed by atoms with Crippen LogP contribution in [0.15, 0.2) is 42.9 Å². The number of ether oxygens (including phenoxy) is 1. The second-order valence-corrected chi connectivity index (χ2v) is 7.39. The van der Waals surface area contributed by atoms with Gasteiger partial charge in [-0.1, -0.05) is 6.07 Å². The number of methoxy groups -OCH3 is 1. The Morgan fingerprint density at radius 3 is 2.66 bits per heavy atom. The van der Waals surface area contributed by atoms with Crippen LogP contribution in [-0.4, -0.2) is 40.9 Å². The van der Waals surface area contributed by atoms with Crippen molar-refractivity contribution in [2.45, 2.75) is 19.8 Å². The molecule has 0 aliphatic heterocycles. The molecular weight excluding hydrogens is 408 g/mol. The number of amides is 2. The molecule has 1 saturated carbocycles. The third-order valence-corrected chi connectivity index (χ3v) is 5.01. The Morgan fingerprint density at radius 1 is 1.12 bits per heavy atom. The maximum Gasteiger partial charge on any atom is 0.254 e. The van der Waals surface area contributed by atoms with Gasteiger partial charge in [-0.3, -0.25) is 19.6 Å². The van der Waals surface area contributed by atoms with Crippen molar-refractivity contribution in [3.8, 4) is 17.0 Å². The highest BCUT2D eigenvalue weighted by Gasteiger charge is 2.30. The average Bonchev–Trinajstić information content (AvgIpc) is 3.64. The van der Waals surface area contributed by atoms with E-state index in [1.807, 2.05) is 18.3 Å². The third kappa shape index (κ3) is 4.51. The molecule has 9 heteroatoms. The molecule has 0 radical (unpaired) electrons. The summed E-state index contributed by atoms with van der Waals surface area (Å²) in [5.41, 5.74) is 2.72. The van der Waals surface area contributed by atoms with Crippen LogP contribution in [0.2, 0.25) is 0 Å². The largest absolute Gasteiger partial charge is 0.494 e. The first kappa shape index (κ1) is 17.6. The lowest BCUT2D eigenvalue weighted by Gasteiger charge is -2.17. The first-order valence-corrected chi connectivity index (χ1v) is 10.0. The number of benzene rings is 1. The molecule has 0 saturated heterocycles. The quantitative estimate of drug-likeness (QED) is 0.521. The predicted molar refractivity (Wildman–Crippen MR) is 121 cm³/mol. The van der Waals surface area contributed by atoms with E-state index in [1.54, 1.807) is 24.5 Å². The van der Waals surface area contributed by atoms with Gasteiger partial charge in [-0.25, -0.2) is 4.98 Å². The van der Waals surface area contributed by atoms with E-state index < -0.39 is 12.9 Å². The van der Waals surface area contributed by atoms with Crippen LogP contribution in [0.3, 0.4) is 0 Å². The molecular formula is C23H24N6O3. The van der Waals surface area contributed by atoms with Gasteiger partial charge in [-0.15, -0.1) is 0 Å². The standard InChI is InChI=1S/C23H24N6O3/c1-13-10-26-19(12-25-13)15-5-4-6-17(21(15)32-3)28-18-9-20(29-22(30)14-7-8-14)27-11-16(18)23(31)24-2/h4-6,9-12,14H,7-8H2,1-3H3,(H,24,31)(H2,27,28,29,30)/i2D3. The van der Waals surface area contributed by atoms with Crippen LogP contribution in [-0.2, 0) is 4.79 Å². The van der Waals surface area contributed by atoms with Crippen molar-refractivity contribution >= 4 is 29.0 Å². The number of nitrogens with one attached hydrogen (secondary N) is 3. The Morgan fingerprint density at radius 2 is 1.97 bits per heavy atom. The molecule has 4 rings (SSSR count). The van der Waals surface area contributed by atoms with E-state index in [1.165, 1.54) is 19.4 Å². The Balaban J connectivity index is 1.72. The molecule has 1 aromatic carbocycles. The molecule has 9 nitrogen and oxygen atoms in total. The minimum atomic E-state index is -2.69. The topological polar surface area (TPSA) is 118 Å². The number of para-hydroxylation sites is 1. The molecule has 0 unspecified atom stereocenters. The average molecular weight is 436 g/mol. The fourth-order valence-electron chi connectivity index (χ4n) is 3.18. The van der Waals surface area contributed by atoms with Gasteiger partial charge in [0.15, 0.2) is 5.75 Å². The van der Waals surface area contributed by atoms with Gasteiger partial charge in [0.2, 0.25) is 5.91 Å². The summed E-state index contributed by atoms with van der Waals surface area (Å²) >= 11 is 0. The molecule has 1 aliphatic carbocycles. The molecule has 0 spiro atoms. The number of carbonyl (C=O) groups excluding carboxylic acids is 2. The molecule has 2 heterocycles. The molecule has 32 heavy (non-hydrogen) atoms. The SMILES string of the molecule is [2H]C([2H])([2H])NC(=O)c1cnc(NC(=O)C2CC2)cc1Nc1cccc(-c2cnc(C)cn2)c1OC. The fourth-order valence-corrected chi connectivity index (χ4v) is 3.18. The number of pyridine rings is 1. The van der Waals surface area contributed by atoms with Crippen LogP contribution >= 0.6 is 0 Å². The zero-order valence-electron chi connectivity index (χ0n) is 20.6. The summed E-state index contributed by atoms with van der Waals surface area (Å²) in [7, 11) is 1.50. The Hall–Kier alpha value is -4.01. The van der Waals surface area contributed by atoms with E-state index >= 15 is 0 Å². The lowest BCUT2D eigenvalue weighted by Crippen LogP contribution is -2.20. The van der Waals surface area contributed by atoms with Crippen molar-refractivity contribution in [2.24, 2.45) is 5.92 Å². The lowest BCUT2D eigenvalue weighted by molar-refractivity contribution is -0.117. The Bertz CT molecular complexity index is 1260. The molecule has 2 amide bonds. The van der Waals surface area contributed by atoms with Crippen LogP contribution in [0.1, 0.15) is 33.0 Å². The van der Waals surface area contributed by atoms with Crippen LogP contribution in [0.25, 0.3) is 11.3 Å². The van der Waals surface area contributed by atoms with Crippen LogP contribution < -0.4 is 20.7 Å². The number of aryl methyl sites for hydroxylation is 1. The minimum Gasteiger partial charge on any atom is -0.494 e. The van der Waals surface area contributed by atoms with Crippen LogP contribution in [0, 0.1) is 12.8 Å². The van der Waals surface area contributed by atoms with Crippen molar-refractivity contribution in [2.75, 3.05) is 24.7 Å². The summed E-state index contributed by atoms with van der Waals surface area (Å²) in [5.74, 6) is -0.373. The highest BCUT2D eigenvalue weighted by Crippen LogP contribution is 2.38. The number of anilines is 3. The number of hydrogen-bond donors (Lipinski definition) is 3. The first-order chi connectivity index (χ1) is 16.6. The molecule has 1 fully saturated rings.